The third-order valence-corrected chi connectivity index (χ3v) is 15.6. The quantitative estimate of drug-likeness (QED) is 0.259. The zero-order valence-corrected chi connectivity index (χ0v) is 31.5. The number of hydrogen-bond acceptors (Lipinski definition) is 0. The average Bonchev–Trinajstić information content (AvgIpc) is 3.93. The fourth-order valence-corrected chi connectivity index (χ4v) is 12.0. The van der Waals surface area contributed by atoms with Crippen LogP contribution >= 0.6 is 0 Å². The summed E-state index contributed by atoms with van der Waals surface area (Å²) in [5.41, 5.74) is 0. The van der Waals surface area contributed by atoms with Gasteiger partial charge in [-0.3, -0.25) is 0 Å². The van der Waals surface area contributed by atoms with Gasteiger partial charge in [0.15, 0.2) is 0 Å². The van der Waals surface area contributed by atoms with E-state index in [0.717, 1.165) is 71.0 Å². The molecule has 0 saturated heterocycles. The first-order chi connectivity index (χ1) is 21.8. The van der Waals surface area contributed by atoms with Crippen molar-refractivity contribution in [1.82, 2.24) is 0 Å². The summed E-state index contributed by atoms with van der Waals surface area (Å²) >= 11 is 0. The maximum absolute atomic E-state index is 3.78. The minimum absolute atomic E-state index is 0.771. The summed E-state index contributed by atoms with van der Waals surface area (Å²) in [6.07, 6.45) is 35.5. The molecule has 0 heteroatoms. The summed E-state index contributed by atoms with van der Waals surface area (Å²) in [7, 11) is 0. The molecular formula is C45H80. The summed E-state index contributed by atoms with van der Waals surface area (Å²) in [5.74, 6) is 14.8. The largest absolute Gasteiger partial charge is 0.103 e. The fourth-order valence-electron chi connectivity index (χ4n) is 12.0. The van der Waals surface area contributed by atoms with Crippen LogP contribution in [0, 0.1) is 82.9 Å². The van der Waals surface area contributed by atoms with E-state index in [1.807, 2.05) is 0 Å². The molecular weight excluding hydrogens is 540 g/mol. The van der Waals surface area contributed by atoms with Crippen molar-refractivity contribution in [3.8, 4) is 0 Å². The Kier molecular flexibility index (Phi) is 15.6. The summed E-state index contributed by atoms with van der Waals surface area (Å²) in [4.78, 5) is 0. The Balaban J connectivity index is 0.000000129. The lowest BCUT2D eigenvalue weighted by atomic mass is 9.78. The molecule has 8 rings (SSSR count). The van der Waals surface area contributed by atoms with Gasteiger partial charge in [-0.25, -0.2) is 0 Å². The molecule has 8 aliphatic rings. The Morgan fingerprint density at radius 1 is 0.467 bits per heavy atom. The first-order valence-corrected chi connectivity index (χ1v) is 21.0. The van der Waals surface area contributed by atoms with Gasteiger partial charge < -0.3 is 0 Å². The highest BCUT2D eigenvalue weighted by molar-refractivity contribution is 4.95. The van der Waals surface area contributed by atoms with Crippen molar-refractivity contribution in [1.29, 1.82) is 0 Å². The van der Waals surface area contributed by atoms with Gasteiger partial charge in [0.25, 0.3) is 0 Å². The normalized spacial score (nSPS) is 44.6. The highest BCUT2D eigenvalue weighted by Crippen LogP contribution is 2.53. The fraction of sp³-hybridized carbons (Fsp3) is 0.911. The predicted octanol–water partition coefficient (Wildman–Crippen LogP) is 14.4. The minimum atomic E-state index is 0.771. The summed E-state index contributed by atoms with van der Waals surface area (Å²) in [6.45, 7) is 21.9. The van der Waals surface area contributed by atoms with Gasteiger partial charge in [0.2, 0.25) is 0 Å². The highest BCUT2D eigenvalue weighted by Gasteiger charge is 2.44. The molecule has 0 aromatic rings. The zero-order valence-electron chi connectivity index (χ0n) is 31.5. The van der Waals surface area contributed by atoms with Crippen molar-refractivity contribution in [2.45, 2.75) is 176 Å². The molecule has 260 valence electrons. The van der Waals surface area contributed by atoms with Gasteiger partial charge in [-0.1, -0.05) is 118 Å². The standard InChI is InChI=1S/C11H20.C9H16.C9H18.C9H14.C7H12/c1-3-4-11-8(2)9-5-6-10(11)7-9;1-6-7(2)9-4-3-8(6)5-9;2*1-3-8-5-6-9(4-2)7-8;1-2-7-4-3-6(1)5-7/h8-11H,3-7H2,1-2H3;6-9H,3-5H2,1-2H3;8-9H,3-7H2,1-2H3;3-4,8-9H,1-2,5-7H2;6-7H,1-5H2. The smallest absolute Gasteiger partial charge is 0.0230 e. The molecule has 0 aliphatic heterocycles. The molecule has 8 aliphatic carbocycles. The average molecular weight is 621 g/mol. The summed E-state index contributed by atoms with van der Waals surface area (Å²) in [5, 5.41) is 0. The van der Waals surface area contributed by atoms with Gasteiger partial charge in [-0.2, -0.15) is 0 Å². The molecule has 0 aromatic carbocycles. The van der Waals surface area contributed by atoms with Gasteiger partial charge in [-0.15, -0.1) is 13.2 Å². The number of fused-ring (bicyclic) bond motifs is 6. The predicted molar refractivity (Wildman–Crippen MR) is 200 cm³/mol. The van der Waals surface area contributed by atoms with Crippen LogP contribution < -0.4 is 0 Å². The summed E-state index contributed by atoms with van der Waals surface area (Å²) < 4.78 is 0. The van der Waals surface area contributed by atoms with Crippen molar-refractivity contribution in [2.75, 3.05) is 0 Å². The van der Waals surface area contributed by atoms with Crippen LogP contribution in [0.5, 0.6) is 0 Å². The van der Waals surface area contributed by atoms with Crippen LogP contribution in [0.3, 0.4) is 0 Å². The van der Waals surface area contributed by atoms with E-state index in [4.69, 9.17) is 0 Å². The maximum Gasteiger partial charge on any atom is -0.0230 e. The second kappa shape index (κ2) is 18.9. The van der Waals surface area contributed by atoms with E-state index in [9.17, 15) is 0 Å². The first kappa shape index (κ1) is 37.3. The van der Waals surface area contributed by atoms with Gasteiger partial charge in [-0.05, 0) is 153 Å². The molecule has 0 aromatic heterocycles. The van der Waals surface area contributed by atoms with E-state index in [1.54, 1.807) is 57.8 Å². The topological polar surface area (TPSA) is 0 Å². The Hall–Kier alpha value is -0.520. The molecule has 0 heterocycles. The van der Waals surface area contributed by atoms with Crippen LogP contribution in [0.15, 0.2) is 25.3 Å². The third-order valence-electron chi connectivity index (χ3n) is 15.6. The summed E-state index contributed by atoms with van der Waals surface area (Å²) in [6, 6.07) is 0. The lowest BCUT2D eigenvalue weighted by molar-refractivity contribution is 0.224. The van der Waals surface area contributed by atoms with Crippen molar-refractivity contribution in [2.24, 2.45) is 82.9 Å². The molecule has 45 heavy (non-hydrogen) atoms. The highest BCUT2D eigenvalue weighted by atomic mass is 14.5. The first-order valence-electron chi connectivity index (χ1n) is 21.0. The van der Waals surface area contributed by atoms with Gasteiger partial charge >= 0.3 is 0 Å². The van der Waals surface area contributed by atoms with Gasteiger partial charge in [0, 0.05) is 0 Å². The van der Waals surface area contributed by atoms with E-state index in [1.165, 1.54) is 88.9 Å². The molecule has 0 N–H and O–H groups in total. The van der Waals surface area contributed by atoms with Crippen molar-refractivity contribution < 1.29 is 0 Å². The van der Waals surface area contributed by atoms with Gasteiger partial charge in [0.1, 0.15) is 0 Å². The Morgan fingerprint density at radius 3 is 1.18 bits per heavy atom. The van der Waals surface area contributed by atoms with Crippen molar-refractivity contribution >= 4 is 0 Å². The molecule has 0 radical (unpaired) electrons. The third kappa shape index (κ3) is 10.5. The molecule has 6 bridgehead atoms. The molecule has 0 nitrogen and oxygen atoms in total. The minimum Gasteiger partial charge on any atom is -0.103 e. The van der Waals surface area contributed by atoms with E-state index >= 15 is 0 Å². The van der Waals surface area contributed by atoms with Crippen molar-refractivity contribution in [3.05, 3.63) is 25.3 Å². The van der Waals surface area contributed by atoms with Crippen molar-refractivity contribution in [3.63, 3.8) is 0 Å². The molecule has 12 atom stereocenters. The van der Waals surface area contributed by atoms with E-state index in [-0.39, 0.29) is 0 Å². The van der Waals surface area contributed by atoms with E-state index in [0.29, 0.717) is 0 Å². The Bertz CT molecular complexity index is 777. The number of rotatable bonds is 6. The van der Waals surface area contributed by atoms with Crippen LogP contribution in [-0.4, -0.2) is 0 Å². The van der Waals surface area contributed by atoms with E-state index < -0.39 is 0 Å². The molecule has 12 unspecified atom stereocenters. The number of allylic oxidation sites excluding steroid dienone is 2. The zero-order chi connectivity index (χ0) is 32.3. The molecule has 8 saturated carbocycles. The van der Waals surface area contributed by atoms with Crippen LogP contribution in [0.1, 0.15) is 176 Å². The van der Waals surface area contributed by atoms with Crippen LogP contribution in [0.2, 0.25) is 0 Å². The molecule has 0 spiro atoms. The van der Waals surface area contributed by atoms with Crippen LogP contribution in [-0.2, 0) is 0 Å². The van der Waals surface area contributed by atoms with E-state index in [2.05, 4.69) is 66.9 Å². The molecule has 8 fully saturated rings. The molecule has 0 amide bonds. The van der Waals surface area contributed by atoms with Gasteiger partial charge in [0.05, 0.1) is 0 Å². The lowest BCUT2D eigenvalue weighted by Crippen LogP contribution is -2.19. The van der Waals surface area contributed by atoms with Crippen LogP contribution in [0.25, 0.3) is 0 Å². The lowest BCUT2D eigenvalue weighted by Gasteiger charge is -2.27. The second-order valence-corrected chi connectivity index (χ2v) is 18.0. The van der Waals surface area contributed by atoms with Crippen LogP contribution in [0.4, 0.5) is 0 Å². The monoisotopic (exact) mass is 621 g/mol. The maximum atomic E-state index is 3.78. The Labute approximate surface area is 283 Å². The SMILES string of the molecule is C1CC2CCC1C2.C=CC1CCC(C=C)C1.CC1C2CCC(C2)C1C.CCC1CCC(CC)C1.CCCC1C2CCC(C2)C1C. The Morgan fingerprint density at radius 2 is 0.911 bits per heavy atom. The number of hydrogen-bond donors (Lipinski definition) is 0. The second-order valence-electron chi connectivity index (χ2n) is 18.0.